The summed E-state index contributed by atoms with van der Waals surface area (Å²) < 4.78 is 0. The summed E-state index contributed by atoms with van der Waals surface area (Å²) in [6.07, 6.45) is 2.45. The molecule has 7 heteroatoms. The van der Waals surface area contributed by atoms with E-state index in [-0.39, 0.29) is 29.8 Å². The average Bonchev–Trinajstić information content (AvgIpc) is 3.34. The lowest BCUT2D eigenvalue weighted by Gasteiger charge is -2.37. The lowest BCUT2D eigenvalue weighted by Crippen LogP contribution is -2.54. The van der Waals surface area contributed by atoms with Crippen molar-refractivity contribution in [2.75, 3.05) is 11.9 Å². The number of para-hydroxylation sites is 1. The maximum absolute atomic E-state index is 13.5. The van der Waals surface area contributed by atoms with E-state index in [0.29, 0.717) is 23.7 Å². The third kappa shape index (κ3) is 1.83. The molecule has 0 unspecified atom stereocenters. The molecular formula is C20H22ClN3O3. The molecule has 1 N–H and O–H groups in total. The first-order valence-corrected chi connectivity index (χ1v) is 10.1. The number of amides is 3. The van der Waals surface area contributed by atoms with Gasteiger partial charge in [0.1, 0.15) is 5.54 Å². The minimum absolute atomic E-state index is 0.0730. The highest BCUT2D eigenvalue weighted by molar-refractivity contribution is 6.35. The zero-order valence-corrected chi connectivity index (χ0v) is 16.1. The lowest BCUT2D eigenvalue weighted by atomic mass is 9.75. The minimum atomic E-state index is -1.12. The van der Waals surface area contributed by atoms with Gasteiger partial charge in [-0.25, -0.2) is 0 Å². The fourth-order valence-electron chi connectivity index (χ4n) is 5.83. The summed E-state index contributed by atoms with van der Waals surface area (Å²) >= 11 is 6.35. The Morgan fingerprint density at radius 1 is 1.30 bits per heavy atom. The summed E-state index contributed by atoms with van der Waals surface area (Å²) in [5, 5.41) is 3.39. The van der Waals surface area contributed by atoms with Gasteiger partial charge in [-0.3, -0.25) is 24.2 Å². The standard InChI is InChI=1S/C20H22ClN3O3/c1-3-10(2)24-17(25)14-13-8-5-9-23(13)20(15(14)18(24)26)11-6-4-7-12(21)16(11)22-19(20)27/h4,6-7,10,13-15H,3,5,8-9H2,1-2H3,(H,22,27)/t10-,13-,14+,15-,20-/m0/s1. The highest BCUT2D eigenvalue weighted by Crippen LogP contribution is 2.61. The number of carbonyl (C=O) groups is 3. The molecule has 1 aromatic rings. The normalized spacial score (nSPS) is 35.6. The number of likely N-dealkylation sites (tertiary alicyclic amines) is 1. The van der Waals surface area contributed by atoms with Gasteiger partial charge in [-0.05, 0) is 38.8 Å². The molecule has 0 bridgehead atoms. The zero-order valence-electron chi connectivity index (χ0n) is 15.4. The molecule has 4 aliphatic heterocycles. The van der Waals surface area contributed by atoms with Crippen molar-refractivity contribution in [1.82, 2.24) is 9.80 Å². The van der Waals surface area contributed by atoms with Crippen molar-refractivity contribution in [2.24, 2.45) is 11.8 Å². The van der Waals surface area contributed by atoms with Crippen LogP contribution in [0, 0.1) is 11.8 Å². The van der Waals surface area contributed by atoms with Crippen molar-refractivity contribution >= 4 is 35.0 Å². The predicted molar refractivity (Wildman–Crippen MR) is 100 cm³/mol. The number of anilines is 1. The predicted octanol–water partition coefficient (Wildman–Crippen LogP) is 2.37. The molecule has 3 saturated heterocycles. The van der Waals surface area contributed by atoms with Crippen molar-refractivity contribution in [3.05, 3.63) is 28.8 Å². The van der Waals surface area contributed by atoms with E-state index in [4.69, 9.17) is 11.6 Å². The fourth-order valence-corrected chi connectivity index (χ4v) is 6.06. The van der Waals surface area contributed by atoms with E-state index in [2.05, 4.69) is 10.2 Å². The summed E-state index contributed by atoms with van der Waals surface area (Å²) in [5.74, 6) is -1.68. The maximum atomic E-state index is 13.5. The molecule has 27 heavy (non-hydrogen) atoms. The zero-order chi connectivity index (χ0) is 19.1. The van der Waals surface area contributed by atoms with Crippen LogP contribution in [0.3, 0.4) is 0 Å². The van der Waals surface area contributed by atoms with Gasteiger partial charge in [-0.2, -0.15) is 0 Å². The monoisotopic (exact) mass is 387 g/mol. The number of fused-ring (bicyclic) bond motifs is 7. The molecule has 1 spiro atoms. The third-order valence-corrected chi connectivity index (χ3v) is 7.36. The Kier molecular flexibility index (Phi) is 3.53. The topological polar surface area (TPSA) is 69.7 Å². The van der Waals surface area contributed by atoms with Gasteiger partial charge < -0.3 is 5.32 Å². The number of hydrogen-bond acceptors (Lipinski definition) is 4. The first-order chi connectivity index (χ1) is 12.9. The van der Waals surface area contributed by atoms with Gasteiger partial charge in [-0.1, -0.05) is 30.7 Å². The Labute approximate surface area is 162 Å². The van der Waals surface area contributed by atoms with Gasteiger partial charge in [0.25, 0.3) is 5.91 Å². The van der Waals surface area contributed by atoms with E-state index in [1.54, 1.807) is 6.07 Å². The lowest BCUT2D eigenvalue weighted by molar-refractivity contribution is -0.147. The number of hydrogen-bond donors (Lipinski definition) is 1. The van der Waals surface area contributed by atoms with Crippen LogP contribution in [0.1, 0.15) is 38.7 Å². The van der Waals surface area contributed by atoms with Gasteiger partial charge in [0.15, 0.2) is 0 Å². The van der Waals surface area contributed by atoms with Gasteiger partial charge in [0, 0.05) is 17.6 Å². The second kappa shape index (κ2) is 5.55. The van der Waals surface area contributed by atoms with Crippen LogP contribution >= 0.6 is 11.6 Å². The largest absolute Gasteiger partial charge is 0.323 e. The van der Waals surface area contributed by atoms with Crippen LogP contribution in [0.25, 0.3) is 0 Å². The number of imide groups is 1. The smallest absolute Gasteiger partial charge is 0.250 e. The van der Waals surface area contributed by atoms with Crippen LogP contribution in [0.4, 0.5) is 5.69 Å². The van der Waals surface area contributed by atoms with Crippen molar-refractivity contribution in [3.8, 4) is 0 Å². The molecule has 3 fully saturated rings. The van der Waals surface area contributed by atoms with Gasteiger partial charge in [0.2, 0.25) is 11.8 Å². The van der Waals surface area contributed by atoms with Crippen molar-refractivity contribution in [3.63, 3.8) is 0 Å². The SMILES string of the molecule is CC[C@H](C)N1C(=O)[C@H]2[C@@H](C1=O)[C@@]1(C(=O)Nc3c(Cl)cccc31)N1CCC[C@@H]21. The van der Waals surface area contributed by atoms with E-state index in [1.165, 1.54) is 4.90 Å². The summed E-state index contributed by atoms with van der Waals surface area (Å²) in [5.41, 5.74) is 0.199. The van der Waals surface area contributed by atoms with Gasteiger partial charge in [0.05, 0.1) is 22.5 Å². The number of nitrogens with zero attached hydrogens (tertiary/aromatic N) is 2. The minimum Gasteiger partial charge on any atom is -0.323 e. The molecule has 4 heterocycles. The Bertz CT molecular complexity index is 887. The molecule has 3 amide bonds. The molecular weight excluding hydrogens is 366 g/mol. The van der Waals surface area contributed by atoms with E-state index in [1.807, 2.05) is 26.0 Å². The molecule has 5 atom stereocenters. The van der Waals surface area contributed by atoms with E-state index < -0.39 is 17.4 Å². The van der Waals surface area contributed by atoms with Gasteiger partial charge >= 0.3 is 0 Å². The quantitative estimate of drug-likeness (QED) is 0.791. The van der Waals surface area contributed by atoms with E-state index in [0.717, 1.165) is 18.4 Å². The third-order valence-electron chi connectivity index (χ3n) is 7.04. The summed E-state index contributed by atoms with van der Waals surface area (Å²) in [7, 11) is 0. The second-order valence-electron chi connectivity index (χ2n) is 8.09. The molecule has 142 valence electrons. The summed E-state index contributed by atoms with van der Waals surface area (Å²) in [6.45, 7) is 4.57. The second-order valence-corrected chi connectivity index (χ2v) is 8.50. The fraction of sp³-hybridized carbons (Fsp3) is 0.550. The molecule has 0 aromatic heterocycles. The molecule has 6 nitrogen and oxygen atoms in total. The number of halogens is 1. The number of carbonyl (C=O) groups excluding carboxylic acids is 3. The first-order valence-electron chi connectivity index (χ1n) is 9.68. The molecule has 1 aromatic carbocycles. The van der Waals surface area contributed by atoms with Crippen LogP contribution < -0.4 is 5.32 Å². The molecule has 0 saturated carbocycles. The Morgan fingerprint density at radius 2 is 2.07 bits per heavy atom. The highest BCUT2D eigenvalue weighted by atomic mass is 35.5. The van der Waals surface area contributed by atoms with E-state index >= 15 is 0 Å². The van der Waals surface area contributed by atoms with Crippen LogP contribution in [0.2, 0.25) is 5.02 Å². The number of nitrogens with one attached hydrogen (secondary N) is 1. The molecule has 0 radical (unpaired) electrons. The summed E-state index contributed by atoms with van der Waals surface area (Å²) in [4.78, 5) is 43.7. The van der Waals surface area contributed by atoms with E-state index in [9.17, 15) is 14.4 Å². The van der Waals surface area contributed by atoms with Crippen LogP contribution in [0.5, 0.6) is 0 Å². The molecule has 0 aliphatic carbocycles. The molecule has 5 rings (SSSR count). The van der Waals surface area contributed by atoms with Crippen molar-refractivity contribution < 1.29 is 14.4 Å². The maximum Gasteiger partial charge on any atom is 0.250 e. The highest BCUT2D eigenvalue weighted by Gasteiger charge is 2.74. The Balaban J connectivity index is 1.74. The van der Waals surface area contributed by atoms with Crippen molar-refractivity contribution in [2.45, 2.75) is 50.7 Å². The first kappa shape index (κ1) is 17.2. The van der Waals surface area contributed by atoms with Crippen LogP contribution in [-0.4, -0.2) is 46.1 Å². The van der Waals surface area contributed by atoms with Crippen LogP contribution in [-0.2, 0) is 19.9 Å². The molecule has 4 aliphatic rings. The van der Waals surface area contributed by atoms with Crippen molar-refractivity contribution in [1.29, 1.82) is 0 Å². The number of rotatable bonds is 2. The Morgan fingerprint density at radius 3 is 2.81 bits per heavy atom. The average molecular weight is 388 g/mol. The van der Waals surface area contributed by atoms with Gasteiger partial charge in [-0.15, -0.1) is 0 Å². The Hall–Kier alpha value is -1.92. The summed E-state index contributed by atoms with van der Waals surface area (Å²) in [6, 6.07) is 5.19. The van der Waals surface area contributed by atoms with Crippen LogP contribution in [0.15, 0.2) is 18.2 Å². The number of benzene rings is 1.